The third kappa shape index (κ3) is 4.30. The van der Waals surface area contributed by atoms with Gasteiger partial charge >= 0.3 is 6.09 Å². The van der Waals surface area contributed by atoms with Gasteiger partial charge in [0.25, 0.3) is 0 Å². The van der Waals surface area contributed by atoms with Crippen LogP contribution < -0.4 is 5.73 Å². The van der Waals surface area contributed by atoms with Crippen LogP contribution in [0.25, 0.3) is 11.1 Å². The molecule has 140 valence electrons. The number of rotatable bonds is 2. The number of carbonyl (C=O) groups excluding carboxylic acids is 1. The molecule has 0 spiro atoms. The highest BCUT2D eigenvalue weighted by atomic mass is 35.5. The van der Waals surface area contributed by atoms with Crippen molar-refractivity contribution in [2.45, 2.75) is 45.3 Å². The molecule has 1 amide bonds. The van der Waals surface area contributed by atoms with Crippen molar-refractivity contribution in [2.24, 2.45) is 0 Å². The minimum absolute atomic E-state index is 0.247. The molecule has 3 rings (SSSR count). The number of aromatic nitrogens is 2. The number of carbonyl (C=O) groups is 1. The fourth-order valence-corrected chi connectivity index (χ4v) is 3.31. The maximum absolute atomic E-state index is 12.2. The summed E-state index contributed by atoms with van der Waals surface area (Å²) in [7, 11) is 0. The first-order chi connectivity index (χ1) is 12.2. The van der Waals surface area contributed by atoms with Crippen LogP contribution >= 0.6 is 11.6 Å². The Kier molecular flexibility index (Phi) is 5.14. The highest BCUT2D eigenvalue weighted by molar-refractivity contribution is 6.33. The van der Waals surface area contributed by atoms with Gasteiger partial charge in [-0.1, -0.05) is 11.6 Å². The van der Waals surface area contributed by atoms with Gasteiger partial charge in [0.1, 0.15) is 5.60 Å². The summed E-state index contributed by atoms with van der Waals surface area (Å²) in [5.74, 6) is 0. The number of nitrogens with zero attached hydrogens (tertiary/aromatic N) is 3. The lowest BCUT2D eigenvalue weighted by Crippen LogP contribution is -2.42. The number of nitrogen functional groups attached to an aromatic ring is 1. The second-order valence-corrected chi connectivity index (χ2v) is 8.05. The van der Waals surface area contributed by atoms with Gasteiger partial charge in [-0.25, -0.2) is 4.79 Å². The lowest BCUT2D eigenvalue weighted by Gasteiger charge is -2.33. The van der Waals surface area contributed by atoms with Crippen molar-refractivity contribution in [3.63, 3.8) is 0 Å². The van der Waals surface area contributed by atoms with E-state index >= 15 is 0 Å². The van der Waals surface area contributed by atoms with E-state index in [2.05, 4.69) is 5.10 Å². The third-order valence-electron chi connectivity index (χ3n) is 4.39. The van der Waals surface area contributed by atoms with Gasteiger partial charge in [0.15, 0.2) is 0 Å². The number of likely N-dealkylation sites (tertiary alicyclic amines) is 1. The number of benzene rings is 1. The fourth-order valence-electron chi connectivity index (χ4n) is 3.08. The second kappa shape index (κ2) is 7.19. The summed E-state index contributed by atoms with van der Waals surface area (Å²) < 4.78 is 7.40. The van der Waals surface area contributed by atoms with Gasteiger partial charge in [0.2, 0.25) is 0 Å². The van der Waals surface area contributed by atoms with Crippen LogP contribution in [0.4, 0.5) is 10.5 Å². The Morgan fingerprint density at radius 2 is 2.00 bits per heavy atom. The van der Waals surface area contributed by atoms with Gasteiger partial charge in [-0.3, -0.25) is 4.68 Å². The zero-order valence-electron chi connectivity index (χ0n) is 15.4. The van der Waals surface area contributed by atoms with Crippen molar-refractivity contribution in [2.75, 3.05) is 18.8 Å². The molecule has 2 heterocycles. The molecule has 0 bridgehead atoms. The third-order valence-corrected chi connectivity index (χ3v) is 4.72. The Labute approximate surface area is 158 Å². The second-order valence-electron chi connectivity index (χ2n) is 7.65. The van der Waals surface area contributed by atoms with Crippen LogP contribution in [-0.4, -0.2) is 39.5 Å². The molecule has 6 nitrogen and oxygen atoms in total. The van der Waals surface area contributed by atoms with Crippen LogP contribution in [0.5, 0.6) is 0 Å². The number of hydrogen-bond acceptors (Lipinski definition) is 4. The minimum atomic E-state index is -0.471. The van der Waals surface area contributed by atoms with Gasteiger partial charge in [0, 0.05) is 41.1 Å². The molecule has 2 N–H and O–H groups in total. The normalized spacial score (nSPS) is 15.9. The molecule has 1 fully saturated rings. The fraction of sp³-hybridized carbons (Fsp3) is 0.474. The Balaban J connectivity index is 1.65. The molecule has 0 radical (unpaired) electrons. The van der Waals surface area contributed by atoms with Crippen LogP contribution in [0, 0.1) is 0 Å². The van der Waals surface area contributed by atoms with Gasteiger partial charge in [0.05, 0.1) is 12.2 Å². The SMILES string of the molecule is CC(C)(C)OC(=O)N1CCC(n2cc(-c3cc(N)ccc3Cl)cn2)CC1. The van der Waals surface area contributed by atoms with E-state index in [-0.39, 0.29) is 12.1 Å². The monoisotopic (exact) mass is 376 g/mol. The van der Waals surface area contributed by atoms with E-state index in [4.69, 9.17) is 22.1 Å². The van der Waals surface area contributed by atoms with E-state index in [1.54, 1.807) is 23.2 Å². The van der Waals surface area contributed by atoms with Crippen LogP contribution in [-0.2, 0) is 4.74 Å². The molecule has 1 aliphatic heterocycles. The maximum atomic E-state index is 12.2. The standard InChI is InChI=1S/C19H25ClN4O2/c1-19(2,3)26-18(25)23-8-6-15(7-9-23)24-12-13(11-22-24)16-10-14(21)4-5-17(16)20/h4-5,10-12,15H,6-9,21H2,1-3H3. The molecule has 7 heteroatoms. The first kappa shape index (κ1) is 18.6. The quantitative estimate of drug-likeness (QED) is 0.790. The van der Waals surface area contributed by atoms with Gasteiger partial charge in [-0.2, -0.15) is 5.10 Å². The van der Waals surface area contributed by atoms with Gasteiger partial charge in [-0.05, 0) is 51.8 Å². The molecule has 2 aromatic rings. The lowest BCUT2D eigenvalue weighted by molar-refractivity contribution is 0.0185. The zero-order chi connectivity index (χ0) is 18.9. The number of piperidine rings is 1. The van der Waals surface area contributed by atoms with Crippen molar-refractivity contribution in [3.05, 3.63) is 35.6 Å². The first-order valence-electron chi connectivity index (χ1n) is 8.80. The van der Waals surface area contributed by atoms with E-state index in [9.17, 15) is 4.79 Å². The molecular weight excluding hydrogens is 352 g/mol. The molecule has 0 aliphatic carbocycles. The van der Waals surface area contributed by atoms with Crippen molar-refractivity contribution >= 4 is 23.4 Å². The number of halogens is 1. The predicted octanol–water partition coefficient (Wildman–Crippen LogP) is 4.36. The topological polar surface area (TPSA) is 73.4 Å². The molecule has 1 aliphatic rings. The number of anilines is 1. The summed E-state index contributed by atoms with van der Waals surface area (Å²) in [6, 6.07) is 5.68. The van der Waals surface area contributed by atoms with E-state index in [0.29, 0.717) is 23.8 Å². The van der Waals surface area contributed by atoms with Crippen molar-refractivity contribution in [3.8, 4) is 11.1 Å². The summed E-state index contributed by atoms with van der Waals surface area (Å²) in [5.41, 5.74) is 7.89. The molecule has 0 atom stereocenters. The Hall–Kier alpha value is -2.21. The van der Waals surface area contributed by atoms with Crippen LogP contribution in [0.2, 0.25) is 5.02 Å². The highest BCUT2D eigenvalue weighted by Crippen LogP contribution is 2.31. The Bertz CT molecular complexity index is 789. The number of amides is 1. The summed E-state index contributed by atoms with van der Waals surface area (Å²) in [6.07, 6.45) is 5.23. The zero-order valence-corrected chi connectivity index (χ0v) is 16.2. The average Bonchev–Trinajstić information content (AvgIpc) is 3.05. The van der Waals surface area contributed by atoms with Crippen LogP contribution in [0.1, 0.15) is 39.7 Å². The summed E-state index contributed by atoms with van der Waals surface area (Å²) in [5, 5.41) is 5.15. The number of hydrogen-bond donors (Lipinski definition) is 1. The van der Waals surface area contributed by atoms with Gasteiger partial charge in [-0.15, -0.1) is 0 Å². The van der Waals surface area contributed by atoms with Crippen molar-refractivity contribution in [1.29, 1.82) is 0 Å². The summed E-state index contributed by atoms with van der Waals surface area (Å²) in [4.78, 5) is 13.9. The molecular formula is C19H25ClN4O2. The number of nitrogens with two attached hydrogens (primary N) is 1. The summed E-state index contributed by atoms with van der Waals surface area (Å²) in [6.45, 7) is 6.96. The van der Waals surface area contributed by atoms with Gasteiger partial charge < -0.3 is 15.4 Å². The van der Waals surface area contributed by atoms with E-state index in [0.717, 1.165) is 24.0 Å². The van der Waals surface area contributed by atoms with Crippen molar-refractivity contribution < 1.29 is 9.53 Å². The van der Waals surface area contributed by atoms with Crippen LogP contribution in [0.3, 0.4) is 0 Å². The molecule has 1 aromatic heterocycles. The average molecular weight is 377 g/mol. The predicted molar refractivity (Wildman–Crippen MR) is 103 cm³/mol. The first-order valence-corrected chi connectivity index (χ1v) is 9.18. The Morgan fingerprint density at radius 3 is 2.65 bits per heavy atom. The largest absolute Gasteiger partial charge is 0.444 e. The maximum Gasteiger partial charge on any atom is 0.410 e. The molecule has 0 unspecified atom stereocenters. The lowest BCUT2D eigenvalue weighted by atomic mass is 10.1. The molecule has 1 saturated heterocycles. The smallest absolute Gasteiger partial charge is 0.410 e. The van der Waals surface area contributed by atoms with Crippen LogP contribution in [0.15, 0.2) is 30.6 Å². The van der Waals surface area contributed by atoms with E-state index < -0.39 is 5.60 Å². The molecule has 0 saturated carbocycles. The Morgan fingerprint density at radius 1 is 1.31 bits per heavy atom. The number of ether oxygens (including phenoxy) is 1. The molecule has 1 aromatic carbocycles. The minimum Gasteiger partial charge on any atom is -0.444 e. The van der Waals surface area contributed by atoms with E-state index in [1.807, 2.05) is 37.7 Å². The van der Waals surface area contributed by atoms with E-state index in [1.165, 1.54) is 0 Å². The van der Waals surface area contributed by atoms with Crippen molar-refractivity contribution in [1.82, 2.24) is 14.7 Å². The summed E-state index contributed by atoms with van der Waals surface area (Å²) >= 11 is 6.28. The highest BCUT2D eigenvalue weighted by Gasteiger charge is 2.28. The molecule has 26 heavy (non-hydrogen) atoms.